The van der Waals surface area contributed by atoms with Crippen LogP contribution in [0.5, 0.6) is 0 Å². The number of nitrogens with one attached hydrogen (secondary N) is 1. The van der Waals surface area contributed by atoms with Crippen LogP contribution in [0.1, 0.15) is 15.9 Å². The van der Waals surface area contributed by atoms with Gasteiger partial charge in [0.2, 0.25) is 10.0 Å². The van der Waals surface area contributed by atoms with Crippen molar-refractivity contribution in [2.45, 2.75) is 6.42 Å². The van der Waals surface area contributed by atoms with Gasteiger partial charge in [-0.2, -0.15) is 0 Å². The third-order valence-electron chi connectivity index (χ3n) is 2.72. The second kappa shape index (κ2) is 5.88. The zero-order valence-corrected chi connectivity index (χ0v) is 11.9. The second-order valence-corrected chi connectivity index (χ2v) is 6.29. The van der Waals surface area contributed by atoms with Crippen molar-refractivity contribution < 1.29 is 13.2 Å². The van der Waals surface area contributed by atoms with Gasteiger partial charge in [-0.25, -0.2) is 8.42 Å². The molecule has 0 spiro atoms. The Morgan fingerprint density at radius 3 is 2.15 bits per heavy atom. The molecule has 0 aromatic heterocycles. The number of rotatable bonds is 5. The van der Waals surface area contributed by atoms with Gasteiger partial charge in [-0.3, -0.25) is 9.52 Å². The van der Waals surface area contributed by atoms with E-state index in [2.05, 4.69) is 4.72 Å². The van der Waals surface area contributed by atoms with E-state index in [0.717, 1.165) is 11.8 Å². The largest absolute Gasteiger partial charge is 0.294 e. The Balaban J connectivity index is 2.08. The van der Waals surface area contributed by atoms with Gasteiger partial charge in [-0.05, 0) is 29.8 Å². The Kier molecular flexibility index (Phi) is 4.20. The van der Waals surface area contributed by atoms with Gasteiger partial charge >= 0.3 is 0 Å². The van der Waals surface area contributed by atoms with Crippen LogP contribution in [0.15, 0.2) is 54.6 Å². The molecule has 2 rings (SSSR count). The monoisotopic (exact) mass is 289 g/mol. The van der Waals surface area contributed by atoms with E-state index in [-0.39, 0.29) is 5.78 Å². The normalized spacial score (nSPS) is 11.1. The summed E-state index contributed by atoms with van der Waals surface area (Å²) < 4.78 is 24.5. The molecule has 5 heteroatoms. The van der Waals surface area contributed by atoms with Crippen LogP contribution in [-0.2, 0) is 16.4 Å². The third kappa shape index (κ3) is 4.20. The van der Waals surface area contributed by atoms with Crippen LogP contribution in [0.4, 0.5) is 5.69 Å². The Morgan fingerprint density at radius 2 is 1.60 bits per heavy atom. The Labute approximate surface area is 118 Å². The van der Waals surface area contributed by atoms with Crippen LogP contribution in [0.25, 0.3) is 0 Å². The summed E-state index contributed by atoms with van der Waals surface area (Å²) >= 11 is 0. The maximum absolute atomic E-state index is 12.1. The van der Waals surface area contributed by atoms with Crippen molar-refractivity contribution >= 4 is 21.5 Å². The van der Waals surface area contributed by atoms with E-state index in [1.165, 1.54) is 0 Å². The minimum absolute atomic E-state index is 0.00195. The molecule has 0 aliphatic heterocycles. The highest BCUT2D eigenvalue weighted by Gasteiger charge is 2.08. The lowest BCUT2D eigenvalue weighted by atomic mass is 10.0. The minimum atomic E-state index is -3.29. The molecule has 0 bridgehead atoms. The molecule has 0 radical (unpaired) electrons. The predicted octanol–water partition coefficient (Wildman–Crippen LogP) is 2.48. The first-order chi connectivity index (χ1) is 9.44. The number of benzene rings is 2. The molecule has 4 nitrogen and oxygen atoms in total. The standard InChI is InChI=1S/C15H15NO3S/c1-20(18,19)16-14-9-7-13(8-10-14)15(17)11-12-5-3-2-4-6-12/h2-10,16H,11H2,1H3. The number of carbonyl (C=O) groups is 1. The minimum Gasteiger partial charge on any atom is -0.294 e. The van der Waals surface area contributed by atoms with Gasteiger partial charge in [0.25, 0.3) is 0 Å². The van der Waals surface area contributed by atoms with Crippen LogP contribution in [0.2, 0.25) is 0 Å². The molecule has 0 amide bonds. The fraction of sp³-hybridized carbons (Fsp3) is 0.133. The average molecular weight is 289 g/mol. The van der Waals surface area contributed by atoms with E-state index in [1.807, 2.05) is 30.3 Å². The van der Waals surface area contributed by atoms with E-state index >= 15 is 0 Å². The van der Waals surface area contributed by atoms with Gasteiger partial charge in [0.1, 0.15) is 0 Å². The molecule has 0 atom stereocenters. The zero-order chi connectivity index (χ0) is 14.6. The molecule has 0 saturated heterocycles. The lowest BCUT2D eigenvalue weighted by Crippen LogP contribution is -2.10. The number of sulfonamides is 1. The van der Waals surface area contributed by atoms with Gasteiger partial charge in [-0.15, -0.1) is 0 Å². The SMILES string of the molecule is CS(=O)(=O)Nc1ccc(C(=O)Cc2ccccc2)cc1. The Morgan fingerprint density at radius 1 is 1.00 bits per heavy atom. The van der Waals surface area contributed by atoms with Crippen molar-refractivity contribution in [3.05, 3.63) is 65.7 Å². The highest BCUT2D eigenvalue weighted by Crippen LogP contribution is 2.13. The van der Waals surface area contributed by atoms with Crippen molar-refractivity contribution in [1.82, 2.24) is 0 Å². The number of carbonyl (C=O) groups excluding carboxylic acids is 1. The fourth-order valence-electron chi connectivity index (χ4n) is 1.82. The summed E-state index contributed by atoms with van der Waals surface area (Å²) in [7, 11) is -3.29. The van der Waals surface area contributed by atoms with Crippen molar-refractivity contribution in [2.24, 2.45) is 0 Å². The second-order valence-electron chi connectivity index (χ2n) is 4.54. The first kappa shape index (κ1) is 14.3. The van der Waals surface area contributed by atoms with Crippen LogP contribution in [0, 0.1) is 0 Å². The summed E-state index contributed by atoms with van der Waals surface area (Å²) in [6.07, 6.45) is 1.42. The van der Waals surface area contributed by atoms with Crippen LogP contribution in [-0.4, -0.2) is 20.5 Å². The van der Waals surface area contributed by atoms with Crippen molar-refractivity contribution in [1.29, 1.82) is 0 Å². The van der Waals surface area contributed by atoms with Crippen LogP contribution >= 0.6 is 0 Å². The molecule has 2 aromatic carbocycles. The van der Waals surface area contributed by atoms with E-state index in [1.54, 1.807) is 24.3 Å². The molecule has 0 unspecified atom stereocenters. The molecular weight excluding hydrogens is 274 g/mol. The summed E-state index contributed by atoms with van der Waals surface area (Å²) in [5.74, 6) is 0.00195. The highest BCUT2D eigenvalue weighted by molar-refractivity contribution is 7.92. The van der Waals surface area contributed by atoms with Gasteiger partial charge in [0.05, 0.1) is 6.26 Å². The molecule has 104 valence electrons. The summed E-state index contributed by atoms with van der Waals surface area (Å²) in [5, 5.41) is 0. The molecule has 0 saturated carbocycles. The van der Waals surface area contributed by atoms with Gasteiger partial charge in [0, 0.05) is 17.7 Å². The lowest BCUT2D eigenvalue weighted by molar-refractivity contribution is 0.0993. The van der Waals surface area contributed by atoms with Crippen molar-refractivity contribution in [3.63, 3.8) is 0 Å². The number of anilines is 1. The van der Waals surface area contributed by atoms with Crippen LogP contribution in [0.3, 0.4) is 0 Å². The lowest BCUT2D eigenvalue weighted by Gasteiger charge is -2.05. The summed E-state index contributed by atoms with van der Waals surface area (Å²) in [6.45, 7) is 0. The van der Waals surface area contributed by atoms with E-state index in [4.69, 9.17) is 0 Å². The predicted molar refractivity (Wildman–Crippen MR) is 79.4 cm³/mol. The summed E-state index contributed by atoms with van der Waals surface area (Å²) in [5.41, 5.74) is 1.97. The van der Waals surface area contributed by atoms with Gasteiger partial charge in [0.15, 0.2) is 5.78 Å². The Hall–Kier alpha value is -2.14. The molecule has 0 aliphatic carbocycles. The van der Waals surface area contributed by atoms with E-state index in [0.29, 0.717) is 17.7 Å². The number of hydrogen-bond donors (Lipinski definition) is 1. The molecule has 20 heavy (non-hydrogen) atoms. The van der Waals surface area contributed by atoms with E-state index < -0.39 is 10.0 Å². The van der Waals surface area contributed by atoms with E-state index in [9.17, 15) is 13.2 Å². The number of Topliss-reactive ketones (excluding diaryl/α,β-unsaturated/α-hetero) is 1. The molecule has 2 aromatic rings. The maximum Gasteiger partial charge on any atom is 0.229 e. The van der Waals surface area contributed by atoms with Gasteiger partial charge in [-0.1, -0.05) is 30.3 Å². The average Bonchev–Trinajstić information content (AvgIpc) is 2.39. The van der Waals surface area contributed by atoms with Gasteiger partial charge < -0.3 is 0 Å². The third-order valence-corrected chi connectivity index (χ3v) is 3.32. The summed E-state index contributed by atoms with van der Waals surface area (Å²) in [4.78, 5) is 12.1. The fourth-order valence-corrected chi connectivity index (χ4v) is 2.39. The molecule has 0 fully saturated rings. The molecule has 0 heterocycles. The molecule has 0 aliphatic rings. The van der Waals surface area contributed by atoms with Crippen LogP contribution < -0.4 is 4.72 Å². The topological polar surface area (TPSA) is 63.2 Å². The maximum atomic E-state index is 12.1. The first-order valence-corrected chi connectivity index (χ1v) is 7.98. The quantitative estimate of drug-likeness (QED) is 0.860. The first-order valence-electron chi connectivity index (χ1n) is 6.09. The Bertz CT molecular complexity index is 692. The molecule has 1 N–H and O–H groups in total. The number of hydrogen-bond acceptors (Lipinski definition) is 3. The smallest absolute Gasteiger partial charge is 0.229 e. The highest BCUT2D eigenvalue weighted by atomic mass is 32.2. The zero-order valence-electron chi connectivity index (χ0n) is 11.0. The number of ketones is 1. The van der Waals surface area contributed by atoms with Crippen molar-refractivity contribution in [3.8, 4) is 0 Å². The van der Waals surface area contributed by atoms with Crippen molar-refractivity contribution in [2.75, 3.05) is 11.0 Å². The molecular formula is C15H15NO3S. The summed E-state index contributed by atoms with van der Waals surface area (Å²) in [6, 6.07) is 15.9.